The molecule has 1 rings (SSSR count). The minimum Gasteiger partial charge on any atom is -0.368 e. The molecule has 0 aromatic rings. The van der Waals surface area contributed by atoms with Crippen molar-refractivity contribution >= 4 is 5.91 Å². The second-order valence-corrected chi connectivity index (χ2v) is 2.90. The van der Waals surface area contributed by atoms with E-state index < -0.39 is 0 Å². The van der Waals surface area contributed by atoms with Gasteiger partial charge in [0.05, 0.1) is 0 Å². The zero-order valence-electron chi connectivity index (χ0n) is 6.62. The van der Waals surface area contributed by atoms with Crippen LogP contribution in [0.4, 0.5) is 0 Å². The number of carbonyl (C=O) groups excluding carboxylic acids is 1. The molecule has 64 valence electrons. The van der Waals surface area contributed by atoms with E-state index in [0.29, 0.717) is 6.54 Å². The normalized spacial score (nSPS) is 21.9. The monoisotopic (exact) mass is 157 g/mol. The van der Waals surface area contributed by atoms with E-state index in [0.717, 1.165) is 25.9 Å². The van der Waals surface area contributed by atoms with E-state index in [4.69, 9.17) is 11.5 Å². The van der Waals surface area contributed by atoms with Gasteiger partial charge in [-0.3, -0.25) is 9.69 Å². The minimum absolute atomic E-state index is 0.238. The summed E-state index contributed by atoms with van der Waals surface area (Å²) in [6.07, 6.45) is 2.31. The summed E-state index contributed by atoms with van der Waals surface area (Å²) in [5, 5.41) is 0. The average molecular weight is 157 g/mol. The number of likely N-dealkylation sites (tertiary alicyclic amines) is 1. The fraction of sp³-hybridized carbons (Fsp3) is 0.857. The lowest BCUT2D eigenvalue weighted by atomic mass is 10.2. The summed E-state index contributed by atoms with van der Waals surface area (Å²) in [4.78, 5) is 12.9. The van der Waals surface area contributed by atoms with E-state index in [9.17, 15) is 4.79 Å². The highest BCUT2D eigenvalue weighted by molar-refractivity contribution is 5.80. The molecule has 1 saturated heterocycles. The number of hydrogen-bond acceptors (Lipinski definition) is 3. The lowest BCUT2D eigenvalue weighted by Gasteiger charge is -2.22. The first-order valence-corrected chi connectivity index (χ1v) is 3.99. The van der Waals surface area contributed by atoms with Crippen LogP contribution in [0.15, 0.2) is 0 Å². The van der Waals surface area contributed by atoms with Crippen LogP contribution in [0.5, 0.6) is 0 Å². The fourth-order valence-electron chi connectivity index (χ4n) is 1.50. The molecule has 11 heavy (non-hydrogen) atoms. The minimum atomic E-state index is -0.297. The first-order chi connectivity index (χ1) is 5.25. The molecular weight excluding hydrogens is 142 g/mol. The molecule has 0 aromatic carbocycles. The molecule has 0 aliphatic carbocycles. The van der Waals surface area contributed by atoms with Gasteiger partial charge in [0, 0.05) is 6.54 Å². The molecule has 4 nitrogen and oxygen atoms in total. The van der Waals surface area contributed by atoms with Gasteiger partial charge in [-0.2, -0.15) is 0 Å². The Bertz CT molecular complexity index is 143. The third-order valence-electron chi connectivity index (χ3n) is 2.13. The zero-order valence-corrected chi connectivity index (χ0v) is 6.62. The van der Waals surface area contributed by atoms with Gasteiger partial charge >= 0.3 is 0 Å². The molecule has 1 atom stereocenters. The van der Waals surface area contributed by atoms with Crippen LogP contribution >= 0.6 is 0 Å². The lowest BCUT2D eigenvalue weighted by Crippen LogP contribution is -2.47. The first-order valence-electron chi connectivity index (χ1n) is 3.99. The van der Waals surface area contributed by atoms with Crippen LogP contribution in [0.3, 0.4) is 0 Å². The Hall–Kier alpha value is -0.610. The molecule has 0 aromatic heterocycles. The van der Waals surface area contributed by atoms with Gasteiger partial charge < -0.3 is 11.5 Å². The molecule has 4 N–H and O–H groups in total. The Morgan fingerprint density at radius 3 is 2.36 bits per heavy atom. The number of nitrogens with two attached hydrogens (primary N) is 2. The predicted octanol–water partition coefficient (Wildman–Crippen LogP) is -1.11. The maximum absolute atomic E-state index is 10.8. The topological polar surface area (TPSA) is 72.3 Å². The van der Waals surface area contributed by atoms with Crippen molar-refractivity contribution in [1.29, 1.82) is 0 Å². The van der Waals surface area contributed by atoms with E-state index in [2.05, 4.69) is 4.90 Å². The molecule has 1 unspecified atom stereocenters. The van der Waals surface area contributed by atoms with Gasteiger partial charge in [-0.25, -0.2) is 0 Å². The Balaban J connectivity index is 2.46. The van der Waals surface area contributed by atoms with Crippen molar-refractivity contribution in [2.24, 2.45) is 11.5 Å². The van der Waals surface area contributed by atoms with E-state index in [1.54, 1.807) is 0 Å². The van der Waals surface area contributed by atoms with Crippen LogP contribution in [-0.2, 0) is 4.79 Å². The molecule has 1 aliphatic rings. The maximum Gasteiger partial charge on any atom is 0.236 e. The largest absolute Gasteiger partial charge is 0.368 e. The van der Waals surface area contributed by atoms with E-state index in [1.165, 1.54) is 0 Å². The lowest BCUT2D eigenvalue weighted by molar-refractivity contribution is -0.122. The summed E-state index contributed by atoms with van der Waals surface area (Å²) >= 11 is 0. The average Bonchev–Trinajstić information content (AvgIpc) is 2.40. The van der Waals surface area contributed by atoms with Crippen LogP contribution < -0.4 is 11.5 Å². The van der Waals surface area contributed by atoms with Gasteiger partial charge in [0.1, 0.15) is 6.04 Å². The summed E-state index contributed by atoms with van der Waals surface area (Å²) in [5.41, 5.74) is 10.6. The van der Waals surface area contributed by atoms with Gasteiger partial charge in [0.2, 0.25) is 5.91 Å². The van der Waals surface area contributed by atoms with Crippen molar-refractivity contribution in [2.75, 3.05) is 19.6 Å². The van der Waals surface area contributed by atoms with Gasteiger partial charge in [0.25, 0.3) is 0 Å². The van der Waals surface area contributed by atoms with E-state index in [-0.39, 0.29) is 11.9 Å². The smallest absolute Gasteiger partial charge is 0.236 e. The van der Waals surface area contributed by atoms with Crippen LogP contribution in [0.1, 0.15) is 12.8 Å². The molecule has 0 spiro atoms. The van der Waals surface area contributed by atoms with Crippen molar-refractivity contribution in [2.45, 2.75) is 18.9 Å². The first kappa shape index (κ1) is 8.49. The number of primary amides is 1. The SMILES string of the molecule is NCC(C(N)=O)N1CCCC1. The highest BCUT2D eigenvalue weighted by atomic mass is 16.1. The van der Waals surface area contributed by atoms with Gasteiger partial charge in [-0.05, 0) is 25.9 Å². The van der Waals surface area contributed by atoms with Crippen molar-refractivity contribution in [1.82, 2.24) is 4.90 Å². The molecule has 1 aliphatic heterocycles. The van der Waals surface area contributed by atoms with E-state index >= 15 is 0 Å². The van der Waals surface area contributed by atoms with Crippen LogP contribution in [-0.4, -0.2) is 36.5 Å². The number of amides is 1. The standard InChI is InChI=1S/C7H15N3O/c8-5-6(7(9)11)10-3-1-2-4-10/h6H,1-5,8H2,(H2,9,11). The van der Waals surface area contributed by atoms with Crippen LogP contribution in [0, 0.1) is 0 Å². The van der Waals surface area contributed by atoms with Crippen molar-refractivity contribution in [3.05, 3.63) is 0 Å². The molecule has 1 heterocycles. The molecule has 0 radical (unpaired) electrons. The Morgan fingerprint density at radius 2 is 2.00 bits per heavy atom. The third-order valence-corrected chi connectivity index (χ3v) is 2.13. The molecule has 1 fully saturated rings. The summed E-state index contributed by atoms with van der Waals surface area (Å²) in [7, 11) is 0. The van der Waals surface area contributed by atoms with Crippen LogP contribution in [0.25, 0.3) is 0 Å². The fourth-order valence-corrected chi connectivity index (χ4v) is 1.50. The predicted molar refractivity (Wildman–Crippen MR) is 42.8 cm³/mol. The van der Waals surface area contributed by atoms with Gasteiger partial charge in [-0.1, -0.05) is 0 Å². The molecule has 4 heteroatoms. The van der Waals surface area contributed by atoms with Gasteiger partial charge in [-0.15, -0.1) is 0 Å². The highest BCUT2D eigenvalue weighted by Crippen LogP contribution is 2.10. The van der Waals surface area contributed by atoms with Crippen molar-refractivity contribution in [3.63, 3.8) is 0 Å². The quantitative estimate of drug-likeness (QED) is 0.546. The number of nitrogens with zero attached hydrogens (tertiary/aromatic N) is 1. The summed E-state index contributed by atoms with van der Waals surface area (Å²) in [5.74, 6) is -0.297. The maximum atomic E-state index is 10.8. The molecule has 0 saturated carbocycles. The Kier molecular flexibility index (Phi) is 2.84. The second kappa shape index (κ2) is 3.69. The number of carbonyl (C=O) groups is 1. The molecule has 1 amide bonds. The number of rotatable bonds is 3. The van der Waals surface area contributed by atoms with Crippen molar-refractivity contribution < 1.29 is 4.79 Å². The Labute approximate surface area is 66.5 Å². The number of hydrogen-bond donors (Lipinski definition) is 2. The molecular formula is C7H15N3O. The van der Waals surface area contributed by atoms with Gasteiger partial charge in [0.15, 0.2) is 0 Å². The summed E-state index contributed by atoms with van der Waals surface area (Å²) in [6.45, 7) is 2.27. The summed E-state index contributed by atoms with van der Waals surface area (Å²) in [6, 6.07) is -0.238. The highest BCUT2D eigenvalue weighted by Gasteiger charge is 2.24. The Morgan fingerprint density at radius 1 is 1.45 bits per heavy atom. The van der Waals surface area contributed by atoms with Crippen LogP contribution in [0.2, 0.25) is 0 Å². The van der Waals surface area contributed by atoms with E-state index in [1.807, 2.05) is 0 Å². The summed E-state index contributed by atoms with van der Waals surface area (Å²) < 4.78 is 0. The third kappa shape index (κ3) is 1.91. The second-order valence-electron chi connectivity index (χ2n) is 2.90. The van der Waals surface area contributed by atoms with Crippen molar-refractivity contribution in [3.8, 4) is 0 Å². The molecule has 0 bridgehead atoms. The zero-order chi connectivity index (χ0) is 8.27.